The van der Waals surface area contributed by atoms with Gasteiger partial charge in [-0.2, -0.15) is 5.10 Å². The van der Waals surface area contributed by atoms with Crippen LogP contribution >= 0.6 is 0 Å². The summed E-state index contributed by atoms with van der Waals surface area (Å²) in [6.07, 6.45) is 5.73. The third-order valence-corrected chi connectivity index (χ3v) is 4.08. The van der Waals surface area contributed by atoms with E-state index in [4.69, 9.17) is 0 Å². The summed E-state index contributed by atoms with van der Waals surface area (Å²) in [5.41, 5.74) is 1.80. The molecule has 0 radical (unpaired) electrons. The van der Waals surface area contributed by atoms with E-state index >= 15 is 0 Å². The van der Waals surface area contributed by atoms with Crippen molar-refractivity contribution in [1.82, 2.24) is 19.2 Å². The number of nitrogens with one attached hydrogen (secondary N) is 1. The number of pyridine rings is 2. The molecule has 1 amide bonds. The van der Waals surface area contributed by atoms with E-state index < -0.39 is 5.91 Å². The maximum Gasteiger partial charge on any atom is 0.263 e. The molecule has 0 aromatic carbocycles. The van der Waals surface area contributed by atoms with Gasteiger partial charge >= 0.3 is 0 Å². The lowest BCUT2D eigenvalue weighted by molar-refractivity contribution is 0.102. The number of hydrogen-bond donors (Lipinski definition) is 1. The van der Waals surface area contributed by atoms with E-state index in [1.54, 1.807) is 46.6 Å². The van der Waals surface area contributed by atoms with Crippen LogP contribution in [0, 0.1) is 12.8 Å². The first kappa shape index (κ1) is 16.9. The van der Waals surface area contributed by atoms with Crippen LogP contribution in [-0.2, 0) is 6.54 Å². The van der Waals surface area contributed by atoms with Crippen LogP contribution in [0.5, 0.6) is 0 Å². The standard InChI is InChI=1S/C18H21N5O2/c1-12(2)6-8-22-9-7-13(3)16(18(22)25)17(24)21-14-4-5-15-19-11-20-23(15)10-14/h4-5,7,9-12H,6,8H2,1-3H3,(H,21,24). The number of aromatic nitrogens is 4. The summed E-state index contributed by atoms with van der Waals surface area (Å²) in [5, 5.41) is 6.81. The molecule has 0 atom stereocenters. The third kappa shape index (κ3) is 3.60. The molecule has 3 rings (SSSR count). The second kappa shape index (κ2) is 6.88. The Morgan fingerprint density at radius 1 is 1.28 bits per heavy atom. The van der Waals surface area contributed by atoms with Crippen molar-refractivity contribution < 1.29 is 4.79 Å². The van der Waals surface area contributed by atoms with E-state index in [0.717, 1.165) is 6.42 Å². The predicted molar refractivity (Wildman–Crippen MR) is 95.8 cm³/mol. The second-order valence-corrected chi connectivity index (χ2v) is 6.49. The molecule has 0 saturated carbocycles. The lowest BCUT2D eigenvalue weighted by Gasteiger charge is -2.12. The van der Waals surface area contributed by atoms with Crippen molar-refractivity contribution in [3.8, 4) is 0 Å². The number of hydrogen-bond acceptors (Lipinski definition) is 4. The Kier molecular flexibility index (Phi) is 4.65. The van der Waals surface area contributed by atoms with E-state index in [-0.39, 0.29) is 11.1 Å². The maximum atomic E-state index is 12.7. The smallest absolute Gasteiger partial charge is 0.263 e. The topological polar surface area (TPSA) is 81.3 Å². The second-order valence-electron chi connectivity index (χ2n) is 6.49. The van der Waals surface area contributed by atoms with Gasteiger partial charge in [-0.05, 0) is 43.0 Å². The van der Waals surface area contributed by atoms with Gasteiger partial charge in [-0.15, -0.1) is 0 Å². The van der Waals surface area contributed by atoms with E-state index in [9.17, 15) is 9.59 Å². The van der Waals surface area contributed by atoms with Gasteiger partial charge in [0, 0.05) is 12.7 Å². The van der Waals surface area contributed by atoms with Crippen molar-refractivity contribution in [3.63, 3.8) is 0 Å². The van der Waals surface area contributed by atoms with Crippen molar-refractivity contribution in [2.24, 2.45) is 5.92 Å². The molecule has 7 heteroatoms. The summed E-state index contributed by atoms with van der Waals surface area (Å²) in [6, 6.07) is 5.29. The van der Waals surface area contributed by atoms with Gasteiger partial charge < -0.3 is 9.88 Å². The van der Waals surface area contributed by atoms with Crippen molar-refractivity contribution in [1.29, 1.82) is 0 Å². The number of rotatable bonds is 5. The number of aryl methyl sites for hydroxylation is 2. The highest BCUT2D eigenvalue weighted by atomic mass is 16.2. The van der Waals surface area contributed by atoms with Crippen molar-refractivity contribution in [3.05, 3.63) is 58.4 Å². The molecule has 3 aromatic heterocycles. The molecular formula is C18H21N5O2. The van der Waals surface area contributed by atoms with Gasteiger partial charge in [0.05, 0.1) is 11.9 Å². The minimum atomic E-state index is -0.416. The Morgan fingerprint density at radius 2 is 2.08 bits per heavy atom. The van der Waals surface area contributed by atoms with E-state index in [1.807, 2.05) is 0 Å². The quantitative estimate of drug-likeness (QED) is 0.774. The summed E-state index contributed by atoms with van der Waals surface area (Å²) >= 11 is 0. The minimum Gasteiger partial charge on any atom is -0.320 e. The Labute approximate surface area is 145 Å². The lowest BCUT2D eigenvalue weighted by Crippen LogP contribution is -2.30. The molecule has 7 nitrogen and oxygen atoms in total. The zero-order chi connectivity index (χ0) is 18.0. The number of carbonyl (C=O) groups is 1. The number of nitrogens with zero attached hydrogens (tertiary/aromatic N) is 4. The summed E-state index contributed by atoms with van der Waals surface area (Å²) in [6.45, 7) is 6.58. The van der Waals surface area contributed by atoms with Gasteiger partial charge in [0.1, 0.15) is 11.9 Å². The van der Waals surface area contributed by atoms with Crippen LogP contribution in [0.2, 0.25) is 0 Å². The normalized spacial score (nSPS) is 11.2. The Balaban J connectivity index is 1.87. The van der Waals surface area contributed by atoms with Gasteiger partial charge in [0.15, 0.2) is 5.65 Å². The summed E-state index contributed by atoms with van der Waals surface area (Å²) in [4.78, 5) is 29.4. The average Bonchev–Trinajstić information content (AvgIpc) is 3.01. The molecule has 0 unspecified atom stereocenters. The van der Waals surface area contributed by atoms with Crippen LogP contribution < -0.4 is 10.9 Å². The molecule has 3 heterocycles. The summed E-state index contributed by atoms with van der Waals surface area (Å²) in [7, 11) is 0. The summed E-state index contributed by atoms with van der Waals surface area (Å²) < 4.78 is 3.16. The van der Waals surface area contributed by atoms with E-state index in [1.165, 1.54) is 6.33 Å². The van der Waals surface area contributed by atoms with Crippen LogP contribution in [-0.4, -0.2) is 25.1 Å². The van der Waals surface area contributed by atoms with Gasteiger partial charge in [0.25, 0.3) is 11.5 Å². The number of amides is 1. The Morgan fingerprint density at radius 3 is 2.84 bits per heavy atom. The fraction of sp³-hybridized carbons (Fsp3) is 0.333. The molecule has 0 aliphatic rings. The van der Waals surface area contributed by atoms with Crippen molar-refractivity contribution in [2.45, 2.75) is 33.7 Å². The SMILES string of the molecule is Cc1ccn(CCC(C)C)c(=O)c1C(=O)Nc1ccc2ncnn2c1. The molecule has 0 aliphatic carbocycles. The largest absolute Gasteiger partial charge is 0.320 e. The molecule has 0 aliphatic heterocycles. The predicted octanol–water partition coefficient (Wildman–Crippen LogP) is 2.50. The average molecular weight is 339 g/mol. The molecule has 1 N–H and O–H groups in total. The molecule has 0 bridgehead atoms. The van der Waals surface area contributed by atoms with Crippen LogP contribution in [0.3, 0.4) is 0 Å². The molecular weight excluding hydrogens is 318 g/mol. The van der Waals surface area contributed by atoms with E-state index in [2.05, 4.69) is 29.2 Å². The molecule has 0 spiro atoms. The highest BCUT2D eigenvalue weighted by Crippen LogP contribution is 2.11. The number of carbonyl (C=O) groups excluding carboxylic acids is 1. The number of anilines is 1. The van der Waals surface area contributed by atoms with Crippen LogP contribution in [0.4, 0.5) is 5.69 Å². The Hall–Kier alpha value is -2.96. The van der Waals surface area contributed by atoms with Crippen molar-refractivity contribution >= 4 is 17.2 Å². The molecule has 130 valence electrons. The Bertz CT molecular complexity index is 971. The van der Waals surface area contributed by atoms with Crippen LogP contribution in [0.1, 0.15) is 36.2 Å². The molecule has 25 heavy (non-hydrogen) atoms. The number of fused-ring (bicyclic) bond motifs is 1. The van der Waals surface area contributed by atoms with Gasteiger partial charge in [-0.3, -0.25) is 9.59 Å². The highest BCUT2D eigenvalue weighted by Gasteiger charge is 2.16. The maximum absolute atomic E-state index is 12.7. The monoisotopic (exact) mass is 339 g/mol. The van der Waals surface area contributed by atoms with Crippen LogP contribution in [0.25, 0.3) is 5.65 Å². The minimum absolute atomic E-state index is 0.171. The first-order valence-corrected chi connectivity index (χ1v) is 8.26. The fourth-order valence-corrected chi connectivity index (χ4v) is 2.60. The first-order valence-electron chi connectivity index (χ1n) is 8.26. The molecule has 0 saturated heterocycles. The third-order valence-electron chi connectivity index (χ3n) is 4.08. The zero-order valence-corrected chi connectivity index (χ0v) is 14.6. The summed E-state index contributed by atoms with van der Waals surface area (Å²) in [5.74, 6) is 0.0701. The van der Waals surface area contributed by atoms with Crippen molar-refractivity contribution in [2.75, 3.05) is 5.32 Å². The highest BCUT2D eigenvalue weighted by molar-refractivity contribution is 6.04. The first-order chi connectivity index (χ1) is 12.0. The van der Waals surface area contributed by atoms with E-state index in [0.29, 0.717) is 29.4 Å². The molecule has 3 aromatic rings. The lowest BCUT2D eigenvalue weighted by atomic mass is 10.1. The van der Waals surface area contributed by atoms with Gasteiger partial charge in [-0.25, -0.2) is 9.50 Å². The molecule has 0 fully saturated rings. The van der Waals surface area contributed by atoms with Gasteiger partial charge in [0.2, 0.25) is 0 Å². The van der Waals surface area contributed by atoms with Crippen LogP contribution in [0.15, 0.2) is 41.7 Å². The fourth-order valence-electron chi connectivity index (χ4n) is 2.60. The van der Waals surface area contributed by atoms with Gasteiger partial charge in [-0.1, -0.05) is 13.8 Å². The zero-order valence-electron chi connectivity index (χ0n) is 14.6.